The molecule has 0 N–H and O–H groups in total. The predicted octanol–water partition coefficient (Wildman–Crippen LogP) is 3.95. The van der Waals surface area contributed by atoms with Crippen molar-refractivity contribution in [1.29, 1.82) is 0 Å². The fourth-order valence-corrected chi connectivity index (χ4v) is 3.45. The van der Waals surface area contributed by atoms with Crippen LogP contribution in [0.3, 0.4) is 0 Å². The van der Waals surface area contributed by atoms with Crippen LogP contribution < -0.4 is 9.47 Å². The van der Waals surface area contributed by atoms with Crippen LogP contribution in [0.5, 0.6) is 11.5 Å². The molecule has 0 radical (unpaired) electrons. The van der Waals surface area contributed by atoms with Crippen LogP contribution in [0, 0.1) is 3.57 Å². The van der Waals surface area contributed by atoms with Crippen molar-refractivity contribution in [3.8, 4) is 21.9 Å². The summed E-state index contributed by atoms with van der Waals surface area (Å²) in [5.74, 6) is 0.651. The molecule has 0 saturated carbocycles. The van der Waals surface area contributed by atoms with Gasteiger partial charge in [0.05, 0.1) is 7.11 Å². The fourth-order valence-electron chi connectivity index (χ4n) is 1.55. The summed E-state index contributed by atoms with van der Waals surface area (Å²) in [5, 5.41) is 2.03. The number of hydrogen-bond donors (Lipinski definition) is 0. The van der Waals surface area contributed by atoms with Gasteiger partial charge in [0.15, 0.2) is 11.5 Å². The molecule has 18 heavy (non-hydrogen) atoms. The predicted molar refractivity (Wildman–Crippen MR) is 80.3 cm³/mol. The molecule has 3 nitrogen and oxygen atoms in total. The van der Waals surface area contributed by atoms with Crippen molar-refractivity contribution in [3.05, 3.63) is 33.2 Å². The van der Waals surface area contributed by atoms with Crippen LogP contribution in [0.25, 0.3) is 10.4 Å². The third kappa shape index (κ3) is 2.84. The molecule has 0 saturated heterocycles. The first kappa shape index (κ1) is 13.4. The first-order valence-corrected chi connectivity index (χ1v) is 7.17. The lowest BCUT2D eigenvalue weighted by Gasteiger charge is -2.09. The Bertz CT molecular complexity index is 577. The summed E-state index contributed by atoms with van der Waals surface area (Å²) in [6.45, 7) is 1.38. The first-order chi connectivity index (χ1) is 8.61. The number of carbonyl (C=O) groups is 1. The highest BCUT2D eigenvalue weighted by Crippen LogP contribution is 2.36. The number of ether oxygens (including phenoxy) is 2. The van der Waals surface area contributed by atoms with Crippen LogP contribution >= 0.6 is 33.9 Å². The Labute approximate surface area is 123 Å². The minimum atomic E-state index is -0.355. The molecule has 94 valence electrons. The summed E-state index contributed by atoms with van der Waals surface area (Å²) in [4.78, 5) is 12.2. The van der Waals surface area contributed by atoms with Crippen LogP contribution in [0.1, 0.15) is 6.92 Å². The normalized spacial score (nSPS) is 10.2. The molecule has 5 heteroatoms. The zero-order chi connectivity index (χ0) is 13.1. The van der Waals surface area contributed by atoms with E-state index < -0.39 is 0 Å². The minimum Gasteiger partial charge on any atom is -0.493 e. The maximum atomic E-state index is 11.1. The highest BCUT2D eigenvalue weighted by molar-refractivity contribution is 14.1. The van der Waals surface area contributed by atoms with Crippen molar-refractivity contribution in [2.24, 2.45) is 0 Å². The van der Waals surface area contributed by atoms with Gasteiger partial charge in [-0.2, -0.15) is 0 Å². The van der Waals surface area contributed by atoms with E-state index in [9.17, 15) is 4.79 Å². The van der Waals surface area contributed by atoms with Gasteiger partial charge in [-0.1, -0.05) is 0 Å². The van der Waals surface area contributed by atoms with E-state index in [0.29, 0.717) is 11.5 Å². The van der Waals surface area contributed by atoms with Crippen molar-refractivity contribution in [2.45, 2.75) is 6.92 Å². The number of rotatable bonds is 3. The molecule has 0 aliphatic carbocycles. The summed E-state index contributed by atoms with van der Waals surface area (Å²) in [7, 11) is 1.55. The number of carbonyl (C=O) groups excluding carboxylic acids is 1. The van der Waals surface area contributed by atoms with E-state index in [1.54, 1.807) is 18.4 Å². The molecular weight excluding hydrogens is 363 g/mol. The molecule has 1 aromatic heterocycles. The Morgan fingerprint density at radius 1 is 1.28 bits per heavy atom. The van der Waals surface area contributed by atoms with Gasteiger partial charge in [-0.05, 0) is 57.8 Å². The molecule has 0 fully saturated rings. The Kier molecular flexibility index (Phi) is 4.23. The lowest BCUT2D eigenvalue weighted by molar-refractivity contribution is -0.132. The Balaban J connectivity index is 2.45. The number of hydrogen-bond acceptors (Lipinski definition) is 4. The number of thiophene rings is 1. The second-order valence-corrected chi connectivity index (χ2v) is 5.64. The Hall–Kier alpha value is -1.08. The van der Waals surface area contributed by atoms with Gasteiger partial charge in [0, 0.05) is 15.4 Å². The van der Waals surface area contributed by atoms with Crippen LogP contribution in [-0.2, 0) is 4.79 Å². The summed E-state index contributed by atoms with van der Waals surface area (Å²) in [6, 6.07) is 7.65. The minimum absolute atomic E-state index is 0.355. The van der Waals surface area contributed by atoms with Crippen LogP contribution in [-0.4, -0.2) is 13.1 Å². The molecule has 0 aliphatic rings. The van der Waals surface area contributed by atoms with Crippen molar-refractivity contribution in [1.82, 2.24) is 0 Å². The monoisotopic (exact) mass is 374 g/mol. The molecule has 0 amide bonds. The highest BCUT2D eigenvalue weighted by atomic mass is 127. The molecule has 0 atom stereocenters. The smallest absolute Gasteiger partial charge is 0.308 e. The van der Waals surface area contributed by atoms with Gasteiger partial charge < -0.3 is 9.47 Å². The van der Waals surface area contributed by atoms with Crippen molar-refractivity contribution in [3.63, 3.8) is 0 Å². The van der Waals surface area contributed by atoms with Crippen LogP contribution in [0.4, 0.5) is 0 Å². The van der Waals surface area contributed by atoms with E-state index >= 15 is 0 Å². The number of benzene rings is 1. The molecule has 1 heterocycles. The largest absolute Gasteiger partial charge is 0.493 e. The second kappa shape index (κ2) is 5.71. The number of esters is 1. The average Bonchev–Trinajstić information content (AvgIpc) is 2.74. The zero-order valence-corrected chi connectivity index (χ0v) is 12.9. The maximum Gasteiger partial charge on any atom is 0.308 e. The van der Waals surface area contributed by atoms with Gasteiger partial charge in [-0.3, -0.25) is 4.79 Å². The van der Waals surface area contributed by atoms with Crippen LogP contribution in [0.15, 0.2) is 29.6 Å². The van der Waals surface area contributed by atoms with Crippen LogP contribution in [0.2, 0.25) is 0 Å². The molecule has 2 rings (SSSR count). The lowest BCUT2D eigenvalue weighted by Crippen LogP contribution is -2.03. The molecule has 0 spiro atoms. The molecule has 0 bridgehead atoms. The number of halogens is 1. The van der Waals surface area contributed by atoms with E-state index in [1.165, 1.54) is 10.5 Å². The van der Waals surface area contributed by atoms with Gasteiger partial charge in [0.25, 0.3) is 0 Å². The van der Waals surface area contributed by atoms with Crippen molar-refractivity contribution >= 4 is 39.9 Å². The second-order valence-electron chi connectivity index (χ2n) is 3.56. The maximum absolute atomic E-state index is 11.1. The van der Waals surface area contributed by atoms with Gasteiger partial charge in [0.1, 0.15) is 0 Å². The van der Waals surface area contributed by atoms with E-state index in [4.69, 9.17) is 9.47 Å². The Morgan fingerprint density at radius 3 is 2.61 bits per heavy atom. The lowest BCUT2D eigenvalue weighted by atomic mass is 10.1. The summed E-state index contributed by atoms with van der Waals surface area (Å²) in [6.07, 6.45) is 0. The van der Waals surface area contributed by atoms with Gasteiger partial charge in [0.2, 0.25) is 0 Å². The van der Waals surface area contributed by atoms with E-state index in [0.717, 1.165) is 10.4 Å². The third-order valence-corrected chi connectivity index (χ3v) is 4.53. The van der Waals surface area contributed by atoms with Crippen molar-refractivity contribution in [2.75, 3.05) is 7.11 Å². The van der Waals surface area contributed by atoms with Gasteiger partial charge in [-0.15, -0.1) is 11.3 Å². The van der Waals surface area contributed by atoms with Gasteiger partial charge in [-0.25, -0.2) is 0 Å². The SMILES string of the molecule is COc1ccc(-c2sccc2I)cc1OC(C)=O. The molecule has 0 unspecified atom stereocenters. The quantitative estimate of drug-likeness (QED) is 0.464. The molecule has 0 aliphatic heterocycles. The first-order valence-electron chi connectivity index (χ1n) is 5.21. The van der Waals surface area contributed by atoms with Gasteiger partial charge >= 0.3 is 5.97 Å². The third-order valence-electron chi connectivity index (χ3n) is 2.30. The standard InChI is InChI=1S/C13H11IO3S/c1-8(15)17-12-7-9(3-4-11(12)16-2)13-10(14)5-6-18-13/h3-7H,1-2H3. The van der Waals surface area contributed by atoms with Crippen molar-refractivity contribution < 1.29 is 14.3 Å². The molecular formula is C13H11IO3S. The van der Waals surface area contributed by atoms with E-state index in [2.05, 4.69) is 28.7 Å². The van der Waals surface area contributed by atoms with E-state index in [-0.39, 0.29) is 5.97 Å². The summed E-state index contributed by atoms with van der Waals surface area (Å²) < 4.78 is 11.5. The summed E-state index contributed by atoms with van der Waals surface area (Å²) in [5.41, 5.74) is 1.02. The Morgan fingerprint density at radius 2 is 2.06 bits per heavy atom. The summed E-state index contributed by atoms with van der Waals surface area (Å²) >= 11 is 3.94. The zero-order valence-electron chi connectivity index (χ0n) is 9.90. The highest BCUT2D eigenvalue weighted by Gasteiger charge is 2.11. The number of methoxy groups -OCH3 is 1. The topological polar surface area (TPSA) is 35.5 Å². The average molecular weight is 374 g/mol. The molecule has 2 aromatic rings. The fraction of sp³-hybridized carbons (Fsp3) is 0.154. The van der Waals surface area contributed by atoms with E-state index in [1.807, 2.05) is 23.6 Å². The molecule has 1 aromatic carbocycles.